The molecule has 0 saturated carbocycles. The topological polar surface area (TPSA) is 50.8 Å². The van der Waals surface area contributed by atoms with Crippen molar-refractivity contribution in [3.63, 3.8) is 0 Å². The summed E-state index contributed by atoms with van der Waals surface area (Å²) in [5.41, 5.74) is 7.45. The average Bonchev–Trinajstić information content (AvgIpc) is 3.27. The molecule has 0 radical (unpaired) electrons. The number of carbonyl (C=O) groups excluding carboxylic acids is 1. The molecule has 222 valence electrons. The van der Waals surface area contributed by atoms with Crippen molar-refractivity contribution >= 4 is 23.0 Å². The lowest BCUT2D eigenvalue weighted by molar-refractivity contribution is 0.0224. The molecule has 2 aliphatic rings. The van der Waals surface area contributed by atoms with Gasteiger partial charge in [0.1, 0.15) is 11.5 Å². The summed E-state index contributed by atoms with van der Waals surface area (Å²) in [6.45, 7) is 15.2. The molecule has 0 aliphatic carbocycles. The van der Waals surface area contributed by atoms with Crippen LogP contribution in [0.4, 0.5) is 17.1 Å². The van der Waals surface area contributed by atoms with Gasteiger partial charge < -0.3 is 19.7 Å². The molecule has 4 aromatic carbocycles. The van der Waals surface area contributed by atoms with Crippen molar-refractivity contribution in [1.82, 2.24) is 0 Å². The molecule has 5 nitrogen and oxygen atoms in total. The number of ether oxygens (including phenoxy) is 2. The molecule has 0 bridgehead atoms. The number of rotatable bonds is 9. The van der Waals surface area contributed by atoms with E-state index in [4.69, 9.17) is 9.47 Å². The molecule has 0 fully saturated rings. The van der Waals surface area contributed by atoms with Gasteiger partial charge in [-0.25, -0.2) is 4.79 Å². The summed E-state index contributed by atoms with van der Waals surface area (Å²) in [5, 5.41) is 3.58. The fourth-order valence-electron chi connectivity index (χ4n) is 6.24. The first kappa shape index (κ1) is 28.9. The minimum Gasteiger partial charge on any atom is -0.456 e. The molecule has 1 spiro atoms. The average molecular weight is 575 g/mol. The SMILES string of the molecule is Cc1ccc(Nc2ccc3c(c2)C2(OC(=O)c4ccccc42)c2ccc(N(CCC(C)C)CCC(C)C)cc2O3)c(C)c1. The number of hydrogen-bond acceptors (Lipinski definition) is 5. The normalized spacial score (nSPS) is 16.5. The first-order chi connectivity index (χ1) is 20.7. The number of fused-ring (bicyclic) bond motifs is 6. The second-order valence-corrected chi connectivity index (χ2v) is 12.9. The van der Waals surface area contributed by atoms with Crippen molar-refractivity contribution in [3.05, 3.63) is 112 Å². The zero-order valence-corrected chi connectivity index (χ0v) is 26.2. The number of nitrogens with one attached hydrogen (secondary N) is 1. The molecule has 5 heteroatoms. The lowest BCUT2D eigenvalue weighted by Crippen LogP contribution is -2.33. The molecule has 6 rings (SSSR count). The van der Waals surface area contributed by atoms with Crippen LogP contribution in [0, 0.1) is 25.7 Å². The van der Waals surface area contributed by atoms with Crippen LogP contribution in [0.15, 0.2) is 78.9 Å². The van der Waals surface area contributed by atoms with E-state index in [-0.39, 0.29) is 5.97 Å². The smallest absolute Gasteiger partial charge is 0.340 e. The maximum absolute atomic E-state index is 13.4. The molecule has 2 aliphatic heterocycles. The zero-order chi connectivity index (χ0) is 30.3. The van der Waals surface area contributed by atoms with Crippen LogP contribution in [0.1, 0.15) is 78.7 Å². The highest BCUT2D eigenvalue weighted by molar-refractivity contribution is 5.97. The van der Waals surface area contributed by atoms with E-state index in [0.717, 1.165) is 65.4 Å². The lowest BCUT2D eigenvalue weighted by atomic mass is 9.77. The Bertz CT molecular complexity index is 1660. The quantitative estimate of drug-likeness (QED) is 0.202. The number of nitrogens with zero attached hydrogens (tertiary/aromatic N) is 1. The molecular formula is C38H42N2O3. The zero-order valence-electron chi connectivity index (χ0n) is 26.2. The highest BCUT2D eigenvalue weighted by Crippen LogP contribution is 2.57. The van der Waals surface area contributed by atoms with E-state index in [0.29, 0.717) is 23.1 Å². The van der Waals surface area contributed by atoms with Crippen LogP contribution >= 0.6 is 0 Å². The molecule has 1 N–H and O–H groups in total. The fourth-order valence-corrected chi connectivity index (χ4v) is 6.24. The van der Waals surface area contributed by atoms with Gasteiger partial charge in [0.15, 0.2) is 5.60 Å². The molecule has 1 unspecified atom stereocenters. The van der Waals surface area contributed by atoms with Crippen molar-refractivity contribution in [2.24, 2.45) is 11.8 Å². The van der Waals surface area contributed by atoms with Gasteiger partial charge in [-0.2, -0.15) is 0 Å². The maximum atomic E-state index is 13.4. The van der Waals surface area contributed by atoms with E-state index in [2.05, 4.69) is 94.2 Å². The molecule has 4 aromatic rings. The van der Waals surface area contributed by atoms with Gasteiger partial charge in [0, 0.05) is 52.9 Å². The van der Waals surface area contributed by atoms with Crippen molar-refractivity contribution in [1.29, 1.82) is 0 Å². The predicted molar refractivity (Wildman–Crippen MR) is 175 cm³/mol. The Morgan fingerprint density at radius 2 is 1.51 bits per heavy atom. The Hall–Kier alpha value is -4.25. The standard InChI is InChI=1S/C38H42N2O3/c1-24(2)17-19-40(20-18-25(3)4)29-13-14-32-36(23-29)42-35-16-12-28(39-34-15-11-26(5)21-27(34)6)22-33(35)38(32)31-10-8-7-9-30(31)37(41)43-38/h7-16,21-25,39H,17-20H2,1-6H3. The summed E-state index contributed by atoms with van der Waals surface area (Å²) in [7, 11) is 0. The molecule has 0 amide bonds. The van der Waals surface area contributed by atoms with Crippen LogP contribution in [0.25, 0.3) is 0 Å². The number of benzene rings is 4. The largest absolute Gasteiger partial charge is 0.456 e. The second kappa shape index (κ2) is 11.4. The molecule has 43 heavy (non-hydrogen) atoms. The summed E-state index contributed by atoms with van der Waals surface area (Å²) in [5.74, 6) is 2.33. The highest BCUT2D eigenvalue weighted by atomic mass is 16.6. The van der Waals surface area contributed by atoms with Gasteiger partial charge in [0.2, 0.25) is 0 Å². The van der Waals surface area contributed by atoms with E-state index in [1.165, 1.54) is 11.1 Å². The monoisotopic (exact) mass is 574 g/mol. The Morgan fingerprint density at radius 3 is 2.23 bits per heavy atom. The van der Waals surface area contributed by atoms with E-state index in [9.17, 15) is 4.79 Å². The van der Waals surface area contributed by atoms with Crippen LogP contribution in [-0.4, -0.2) is 19.1 Å². The van der Waals surface area contributed by atoms with Crippen molar-refractivity contribution in [2.45, 2.75) is 60.0 Å². The summed E-state index contributed by atoms with van der Waals surface area (Å²) < 4.78 is 13.1. The third-order valence-corrected chi connectivity index (χ3v) is 8.67. The number of anilines is 3. The highest BCUT2D eigenvalue weighted by Gasteiger charge is 2.53. The van der Waals surface area contributed by atoms with Crippen LogP contribution in [0.5, 0.6) is 11.5 Å². The van der Waals surface area contributed by atoms with E-state index in [1.807, 2.05) is 36.4 Å². The Morgan fingerprint density at radius 1 is 0.767 bits per heavy atom. The van der Waals surface area contributed by atoms with Gasteiger partial charge in [-0.15, -0.1) is 0 Å². The predicted octanol–water partition coefficient (Wildman–Crippen LogP) is 9.51. The van der Waals surface area contributed by atoms with Crippen molar-refractivity contribution < 1.29 is 14.3 Å². The minimum absolute atomic E-state index is 0.318. The van der Waals surface area contributed by atoms with Crippen LogP contribution in [0.2, 0.25) is 0 Å². The van der Waals surface area contributed by atoms with Gasteiger partial charge in [0.05, 0.1) is 5.56 Å². The second-order valence-electron chi connectivity index (χ2n) is 12.9. The van der Waals surface area contributed by atoms with Gasteiger partial charge in [-0.3, -0.25) is 0 Å². The van der Waals surface area contributed by atoms with E-state index < -0.39 is 5.60 Å². The third-order valence-electron chi connectivity index (χ3n) is 8.67. The van der Waals surface area contributed by atoms with Crippen LogP contribution in [0.3, 0.4) is 0 Å². The summed E-state index contributed by atoms with van der Waals surface area (Å²) >= 11 is 0. The first-order valence-electron chi connectivity index (χ1n) is 15.5. The van der Waals surface area contributed by atoms with Crippen molar-refractivity contribution in [3.8, 4) is 11.5 Å². The van der Waals surface area contributed by atoms with E-state index >= 15 is 0 Å². The summed E-state index contributed by atoms with van der Waals surface area (Å²) in [6, 6.07) is 26.6. The van der Waals surface area contributed by atoms with Gasteiger partial charge >= 0.3 is 5.97 Å². The number of hydrogen-bond donors (Lipinski definition) is 1. The van der Waals surface area contributed by atoms with Gasteiger partial charge in [-0.1, -0.05) is 63.6 Å². The lowest BCUT2D eigenvalue weighted by Gasteiger charge is -2.37. The minimum atomic E-state index is -1.10. The van der Waals surface area contributed by atoms with Gasteiger partial charge in [0.25, 0.3) is 0 Å². The fraction of sp³-hybridized carbons (Fsp3) is 0.342. The molecule has 0 saturated heterocycles. The molecule has 1 atom stereocenters. The first-order valence-corrected chi connectivity index (χ1v) is 15.5. The number of aryl methyl sites for hydroxylation is 2. The Kier molecular flexibility index (Phi) is 7.68. The third kappa shape index (κ3) is 5.37. The van der Waals surface area contributed by atoms with E-state index in [1.54, 1.807) is 0 Å². The Labute approximate surface area is 255 Å². The van der Waals surface area contributed by atoms with Crippen LogP contribution < -0.4 is 15.0 Å². The summed E-state index contributed by atoms with van der Waals surface area (Å²) in [6.07, 6.45) is 2.23. The number of esters is 1. The number of carbonyl (C=O) groups is 1. The van der Waals surface area contributed by atoms with Crippen molar-refractivity contribution in [2.75, 3.05) is 23.3 Å². The van der Waals surface area contributed by atoms with Crippen LogP contribution in [-0.2, 0) is 10.3 Å². The molecular weight excluding hydrogens is 532 g/mol. The molecule has 2 heterocycles. The molecule has 0 aromatic heterocycles. The van der Waals surface area contributed by atoms with Gasteiger partial charge in [-0.05, 0) is 86.6 Å². The maximum Gasteiger partial charge on any atom is 0.340 e. The Balaban J connectivity index is 1.46. The summed E-state index contributed by atoms with van der Waals surface area (Å²) in [4.78, 5) is 15.9.